The summed E-state index contributed by atoms with van der Waals surface area (Å²) in [5, 5.41) is 5.61. The monoisotopic (exact) mass is 356 g/mol. The summed E-state index contributed by atoms with van der Waals surface area (Å²) >= 11 is 0. The Kier molecular flexibility index (Phi) is 5.91. The van der Waals surface area contributed by atoms with E-state index >= 15 is 0 Å². The maximum Gasteiger partial charge on any atom is 0.319 e. The van der Waals surface area contributed by atoms with Crippen LogP contribution in [0.5, 0.6) is 5.75 Å². The Labute approximate surface area is 153 Å². The standard InChI is InChI=1S/C19H24N4O3/c1-14-13-23(8-9-26-14)18-7-6-15(11-20-18)12-21-19(24)22-16-4-3-5-17(10-16)25-2/h3-7,10-11,14H,8-9,12-13H2,1-2H3,(H2,21,22,24). The van der Waals surface area contributed by atoms with E-state index in [4.69, 9.17) is 9.47 Å². The van der Waals surface area contributed by atoms with Crippen molar-refractivity contribution in [2.75, 3.05) is 37.0 Å². The molecule has 1 aliphatic rings. The molecule has 138 valence electrons. The normalized spacial score (nSPS) is 16.8. The highest BCUT2D eigenvalue weighted by Crippen LogP contribution is 2.17. The summed E-state index contributed by atoms with van der Waals surface area (Å²) in [4.78, 5) is 18.7. The van der Waals surface area contributed by atoms with Crippen LogP contribution in [-0.4, -0.2) is 43.9 Å². The molecule has 0 aliphatic carbocycles. The van der Waals surface area contributed by atoms with Gasteiger partial charge in [-0.1, -0.05) is 12.1 Å². The van der Waals surface area contributed by atoms with Crippen LogP contribution in [0.4, 0.5) is 16.3 Å². The molecule has 1 aliphatic heterocycles. The molecule has 1 unspecified atom stereocenters. The van der Waals surface area contributed by atoms with Gasteiger partial charge in [-0.05, 0) is 30.7 Å². The largest absolute Gasteiger partial charge is 0.497 e. The number of nitrogens with zero attached hydrogens (tertiary/aromatic N) is 2. The summed E-state index contributed by atoms with van der Waals surface area (Å²) in [6.07, 6.45) is 2.01. The number of hydrogen-bond donors (Lipinski definition) is 2. The van der Waals surface area contributed by atoms with E-state index in [0.29, 0.717) is 18.0 Å². The first-order valence-electron chi connectivity index (χ1n) is 8.64. The fourth-order valence-electron chi connectivity index (χ4n) is 2.79. The third kappa shape index (κ3) is 4.86. The number of amides is 2. The first-order valence-corrected chi connectivity index (χ1v) is 8.64. The number of carbonyl (C=O) groups excluding carboxylic acids is 1. The molecule has 7 heteroatoms. The second-order valence-corrected chi connectivity index (χ2v) is 6.19. The maximum absolute atomic E-state index is 12.0. The van der Waals surface area contributed by atoms with E-state index in [-0.39, 0.29) is 12.1 Å². The fraction of sp³-hybridized carbons (Fsp3) is 0.368. The van der Waals surface area contributed by atoms with E-state index in [1.54, 1.807) is 19.4 Å². The van der Waals surface area contributed by atoms with Gasteiger partial charge in [-0.3, -0.25) is 0 Å². The summed E-state index contributed by atoms with van der Waals surface area (Å²) in [5.41, 5.74) is 1.62. The van der Waals surface area contributed by atoms with E-state index in [2.05, 4.69) is 27.4 Å². The zero-order valence-electron chi connectivity index (χ0n) is 15.1. The number of hydrogen-bond acceptors (Lipinski definition) is 5. The summed E-state index contributed by atoms with van der Waals surface area (Å²) in [6.45, 7) is 4.87. The number of rotatable bonds is 5. The predicted octanol–water partition coefficient (Wildman–Crippen LogP) is 2.64. The van der Waals surface area contributed by atoms with Gasteiger partial charge in [-0.15, -0.1) is 0 Å². The molecule has 1 atom stereocenters. The predicted molar refractivity (Wildman–Crippen MR) is 101 cm³/mol. The van der Waals surface area contributed by atoms with Crippen LogP contribution >= 0.6 is 0 Å². The SMILES string of the molecule is COc1cccc(NC(=O)NCc2ccc(N3CCOC(C)C3)nc2)c1. The van der Waals surface area contributed by atoms with Crippen LogP contribution in [0.15, 0.2) is 42.6 Å². The molecule has 2 N–H and O–H groups in total. The Bertz CT molecular complexity index is 736. The molecule has 2 heterocycles. The second kappa shape index (κ2) is 8.53. The lowest BCUT2D eigenvalue weighted by molar-refractivity contribution is 0.0529. The Morgan fingerprint density at radius 1 is 1.38 bits per heavy atom. The molecule has 26 heavy (non-hydrogen) atoms. The van der Waals surface area contributed by atoms with Crippen LogP contribution in [0.3, 0.4) is 0 Å². The van der Waals surface area contributed by atoms with Crippen molar-refractivity contribution in [2.45, 2.75) is 19.6 Å². The Hall–Kier alpha value is -2.80. The summed E-state index contributed by atoms with van der Waals surface area (Å²) in [7, 11) is 1.59. The van der Waals surface area contributed by atoms with Crippen molar-refractivity contribution in [1.82, 2.24) is 10.3 Å². The Balaban J connectivity index is 1.50. The van der Waals surface area contributed by atoms with E-state index in [1.807, 2.05) is 30.3 Å². The van der Waals surface area contributed by atoms with E-state index < -0.39 is 0 Å². The Morgan fingerprint density at radius 3 is 3.00 bits per heavy atom. The quantitative estimate of drug-likeness (QED) is 0.861. The molecule has 0 spiro atoms. The van der Waals surface area contributed by atoms with Crippen molar-refractivity contribution in [3.8, 4) is 5.75 Å². The van der Waals surface area contributed by atoms with Crippen LogP contribution < -0.4 is 20.3 Å². The number of pyridine rings is 1. The zero-order valence-corrected chi connectivity index (χ0v) is 15.1. The number of carbonyl (C=O) groups is 1. The lowest BCUT2D eigenvalue weighted by Crippen LogP contribution is -2.41. The molecule has 1 aromatic carbocycles. The van der Waals surface area contributed by atoms with Gasteiger partial charge in [0.05, 0.1) is 19.8 Å². The molecule has 7 nitrogen and oxygen atoms in total. The van der Waals surface area contributed by atoms with Gasteiger partial charge in [0.2, 0.25) is 0 Å². The summed E-state index contributed by atoms with van der Waals surface area (Å²) in [5.74, 6) is 1.63. The highest BCUT2D eigenvalue weighted by atomic mass is 16.5. The number of ether oxygens (including phenoxy) is 2. The third-order valence-electron chi connectivity index (χ3n) is 4.15. The van der Waals surface area contributed by atoms with E-state index in [0.717, 1.165) is 31.1 Å². The van der Waals surface area contributed by atoms with Gasteiger partial charge in [0.25, 0.3) is 0 Å². The summed E-state index contributed by atoms with van der Waals surface area (Å²) < 4.78 is 10.7. The lowest BCUT2D eigenvalue weighted by atomic mass is 10.2. The Morgan fingerprint density at radius 2 is 2.27 bits per heavy atom. The number of methoxy groups -OCH3 is 1. The highest BCUT2D eigenvalue weighted by molar-refractivity contribution is 5.89. The molecule has 0 bridgehead atoms. The molecule has 0 radical (unpaired) electrons. The highest BCUT2D eigenvalue weighted by Gasteiger charge is 2.17. The molecule has 3 rings (SSSR count). The molecule has 0 saturated carbocycles. The number of benzene rings is 1. The molecule has 1 fully saturated rings. The van der Waals surface area contributed by atoms with Gasteiger partial charge in [-0.25, -0.2) is 9.78 Å². The van der Waals surface area contributed by atoms with Crippen LogP contribution in [0.25, 0.3) is 0 Å². The third-order valence-corrected chi connectivity index (χ3v) is 4.15. The number of anilines is 2. The van der Waals surface area contributed by atoms with Gasteiger partial charge < -0.3 is 25.0 Å². The van der Waals surface area contributed by atoms with Gasteiger partial charge >= 0.3 is 6.03 Å². The fourth-order valence-corrected chi connectivity index (χ4v) is 2.79. The minimum Gasteiger partial charge on any atom is -0.497 e. The van der Waals surface area contributed by atoms with Crippen LogP contribution in [0.1, 0.15) is 12.5 Å². The van der Waals surface area contributed by atoms with Crippen molar-refractivity contribution in [3.63, 3.8) is 0 Å². The van der Waals surface area contributed by atoms with Crippen molar-refractivity contribution >= 4 is 17.5 Å². The zero-order chi connectivity index (χ0) is 18.4. The molecule has 2 amide bonds. The molecular weight excluding hydrogens is 332 g/mol. The van der Waals surface area contributed by atoms with Crippen LogP contribution in [-0.2, 0) is 11.3 Å². The topological polar surface area (TPSA) is 75.7 Å². The van der Waals surface area contributed by atoms with Crippen LogP contribution in [0.2, 0.25) is 0 Å². The molecule has 2 aromatic rings. The maximum atomic E-state index is 12.0. The van der Waals surface area contributed by atoms with E-state index in [1.165, 1.54) is 0 Å². The molecular formula is C19H24N4O3. The number of aromatic nitrogens is 1. The molecule has 1 aromatic heterocycles. The number of nitrogens with one attached hydrogen (secondary N) is 2. The van der Waals surface area contributed by atoms with Gasteiger partial charge in [-0.2, -0.15) is 0 Å². The number of urea groups is 1. The minimum absolute atomic E-state index is 0.215. The van der Waals surface area contributed by atoms with Crippen LogP contribution in [0, 0.1) is 0 Å². The molecule has 1 saturated heterocycles. The summed E-state index contributed by atoms with van der Waals surface area (Å²) in [6, 6.07) is 10.9. The lowest BCUT2D eigenvalue weighted by Gasteiger charge is -2.32. The first-order chi connectivity index (χ1) is 12.6. The average Bonchev–Trinajstić information content (AvgIpc) is 2.67. The number of morpholine rings is 1. The smallest absolute Gasteiger partial charge is 0.319 e. The van der Waals surface area contributed by atoms with E-state index in [9.17, 15) is 4.79 Å². The van der Waals surface area contributed by atoms with Crippen molar-refractivity contribution < 1.29 is 14.3 Å². The second-order valence-electron chi connectivity index (χ2n) is 6.19. The van der Waals surface area contributed by atoms with Gasteiger partial charge in [0.1, 0.15) is 11.6 Å². The van der Waals surface area contributed by atoms with Gasteiger partial charge in [0.15, 0.2) is 0 Å². The van der Waals surface area contributed by atoms with Crippen molar-refractivity contribution in [3.05, 3.63) is 48.2 Å². The minimum atomic E-state index is -0.274. The van der Waals surface area contributed by atoms with Crippen molar-refractivity contribution in [1.29, 1.82) is 0 Å². The van der Waals surface area contributed by atoms with Gasteiger partial charge in [0, 0.05) is 37.6 Å². The van der Waals surface area contributed by atoms with Crippen molar-refractivity contribution in [2.24, 2.45) is 0 Å². The first kappa shape index (κ1) is 18.0. The average molecular weight is 356 g/mol.